The molecule has 0 spiro atoms. The molecule has 0 aliphatic carbocycles. The van der Waals surface area contributed by atoms with Crippen LogP contribution in [-0.4, -0.2) is 54.8 Å². The molecule has 3 heterocycles. The SMILES string of the molecule is CC(C)c1nc(C(=O)N2CCNCC2c2nccn2C)nn1-c1cccc(F)c1. The van der Waals surface area contributed by atoms with E-state index in [-0.39, 0.29) is 29.5 Å². The third kappa shape index (κ3) is 3.65. The zero-order chi connectivity index (χ0) is 20.5. The predicted molar refractivity (Wildman–Crippen MR) is 105 cm³/mol. The predicted octanol–water partition coefficient (Wildman–Crippen LogP) is 2.05. The van der Waals surface area contributed by atoms with Gasteiger partial charge < -0.3 is 14.8 Å². The number of aromatic nitrogens is 5. The molecule has 1 saturated heterocycles. The second-order valence-corrected chi connectivity index (χ2v) is 7.45. The van der Waals surface area contributed by atoms with E-state index in [4.69, 9.17) is 0 Å². The Labute approximate surface area is 168 Å². The van der Waals surface area contributed by atoms with Gasteiger partial charge in [0.2, 0.25) is 5.82 Å². The number of imidazole rings is 1. The molecule has 3 aromatic rings. The average molecular weight is 397 g/mol. The molecule has 0 bridgehead atoms. The molecule has 1 aliphatic rings. The first kappa shape index (κ1) is 19.3. The summed E-state index contributed by atoms with van der Waals surface area (Å²) < 4.78 is 17.2. The molecule has 4 rings (SSSR count). The molecule has 1 atom stereocenters. The molecule has 1 aromatic carbocycles. The summed E-state index contributed by atoms with van der Waals surface area (Å²) in [5.74, 6) is 0.927. The highest BCUT2D eigenvalue weighted by atomic mass is 19.1. The van der Waals surface area contributed by atoms with E-state index < -0.39 is 0 Å². The summed E-state index contributed by atoms with van der Waals surface area (Å²) >= 11 is 0. The average Bonchev–Trinajstić information content (AvgIpc) is 3.34. The van der Waals surface area contributed by atoms with Gasteiger partial charge in [-0.05, 0) is 18.2 Å². The zero-order valence-electron chi connectivity index (χ0n) is 16.7. The lowest BCUT2D eigenvalue weighted by Crippen LogP contribution is -2.49. The van der Waals surface area contributed by atoms with Crippen LogP contribution < -0.4 is 5.32 Å². The van der Waals surface area contributed by atoms with Crippen molar-refractivity contribution in [3.63, 3.8) is 0 Å². The summed E-state index contributed by atoms with van der Waals surface area (Å²) in [4.78, 5) is 24.0. The van der Waals surface area contributed by atoms with Crippen molar-refractivity contribution >= 4 is 5.91 Å². The fraction of sp³-hybridized carbons (Fsp3) is 0.400. The molecule has 1 N–H and O–H groups in total. The number of piperazine rings is 1. The Bertz CT molecular complexity index is 1030. The number of amides is 1. The maximum atomic E-state index is 13.7. The van der Waals surface area contributed by atoms with Crippen molar-refractivity contribution in [3.8, 4) is 5.69 Å². The van der Waals surface area contributed by atoms with E-state index >= 15 is 0 Å². The molecule has 0 saturated carbocycles. The number of hydrogen-bond acceptors (Lipinski definition) is 5. The van der Waals surface area contributed by atoms with E-state index in [1.54, 1.807) is 27.9 Å². The quantitative estimate of drug-likeness (QED) is 0.729. The van der Waals surface area contributed by atoms with Crippen molar-refractivity contribution < 1.29 is 9.18 Å². The molecule has 29 heavy (non-hydrogen) atoms. The van der Waals surface area contributed by atoms with Gasteiger partial charge in [-0.3, -0.25) is 4.79 Å². The van der Waals surface area contributed by atoms with E-state index in [0.717, 1.165) is 5.82 Å². The van der Waals surface area contributed by atoms with Crippen LogP contribution in [0.3, 0.4) is 0 Å². The van der Waals surface area contributed by atoms with E-state index in [0.29, 0.717) is 31.1 Å². The fourth-order valence-electron chi connectivity index (χ4n) is 3.59. The largest absolute Gasteiger partial charge is 0.336 e. The Balaban J connectivity index is 1.71. The molecule has 1 amide bonds. The number of halogens is 1. The molecule has 0 radical (unpaired) electrons. The first-order valence-corrected chi connectivity index (χ1v) is 9.67. The lowest BCUT2D eigenvalue weighted by molar-refractivity contribution is 0.0608. The van der Waals surface area contributed by atoms with Crippen molar-refractivity contribution in [2.75, 3.05) is 19.6 Å². The number of aryl methyl sites for hydroxylation is 1. The molecule has 1 fully saturated rings. The monoisotopic (exact) mass is 397 g/mol. The maximum Gasteiger partial charge on any atom is 0.294 e. The number of hydrogen-bond donors (Lipinski definition) is 1. The van der Waals surface area contributed by atoms with Crippen LogP contribution in [0, 0.1) is 5.82 Å². The molecular weight excluding hydrogens is 373 g/mol. The minimum Gasteiger partial charge on any atom is -0.336 e. The normalized spacial score (nSPS) is 17.1. The summed E-state index contributed by atoms with van der Waals surface area (Å²) in [6, 6.07) is 5.92. The van der Waals surface area contributed by atoms with Gasteiger partial charge in [0.25, 0.3) is 5.91 Å². The molecule has 9 heteroatoms. The lowest BCUT2D eigenvalue weighted by Gasteiger charge is -2.35. The Morgan fingerprint density at radius 3 is 2.86 bits per heavy atom. The molecular formula is C20H24FN7O. The van der Waals surface area contributed by atoms with Crippen molar-refractivity contribution in [2.24, 2.45) is 7.05 Å². The highest BCUT2D eigenvalue weighted by Crippen LogP contribution is 2.24. The minimum absolute atomic E-state index is 0.0145. The van der Waals surface area contributed by atoms with Gasteiger partial charge in [0.15, 0.2) is 0 Å². The fourth-order valence-corrected chi connectivity index (χ4v) is 3.59. The van der Waals surface area contributed by atoms with Crippen molar-refractivity contribution in [2.45, 2.75) is 25.8 Å². The number of nitrogens with one attached hydrogen (secondary N) is 1. The highest BCUT2D eigenvalue weighted by Gasteiger charge is 2.33. The lowest BCUT2D eigenvalue weighted by atomic mass is 10.1. The number of carbonyl (C=O) groups is 1. The van der Waals surface area contributed by atoms with Crippen LogP contribution in [-0.2, 0) is 7.05 Å². The first-order valence-electron chi connectivity index (χ1n) is 9.67. The molecule has 2 aromatic heterocycles. The van der Waals surface area contributed by atoms with E-state index in [2.05, 4.69) is 20.4 Å². The Morgan fingerprint density at radius 2 is 2.17 bits per heavy atom. The smallest absolute Gasteiger partial charge is 0.294 e. The number of benzene rings is 1. The summed E-state index contributed by atoms with van der Waals surface area (Å²) in [5.41, 5.74) is 0.543. The van der Waals surface area contributed by atoms with Crippen LogP contribution in [0.1, 0.15) is 48.1 Å². The highest BCUT2D eigenvalue weighted by molar-refractivity contribution is 5.91. The van der Waals surface area contributed by atoms with Crippen LogP contribution in [0.25, 0.3) is 5.69 Å². The van der Waals surface area contributed by atoms with E-state index in [1.807, 2.05) is 31.7 Å². The van der Waals surface area contributed by atoms with Gasteiger partial charge >= 0.3 is 0 Å². The second-order valence-electron chi connectivity index (χ2n) is 7.45. The third-order valence-corrected chi connectivity index (χ3v) is 5.05. The van der Waals surface area contributed by atoms with Gasteiger partial charge in [0, 0.05) is 45.0 Å². The van der Waals surface area contributed by atoms with Crippen LogP contribution in [0.4, 0.5) is 4.39 Å². The minimum atomic E-state index is -0.363. The van der Waals surface area contributed by atoms with Gasteiger partial charge in [-0.15, -0.1) is 5.10 Å². The second kappa shape index (κ2) is 7.75. The molecule has 152 valence electrons. The van der Waals surface area contributed by atoms with Gasteiger partial charge in [0.05, 0.1) is 5.69 Å². The Kier molecular flexibility index (Phi) is 5.14. The van der Waals surface area contributed by atoms with Gasteiger partial charge in [0.1, 0.15) is 23.5 Å². The summed E-state index contributed by atoms with van der Waals surface area (Å²) in [6.45, 7) is 5.76. The standard InChI is InChI=1S/C20H24FN7O/c1-13(2)18-24-17(25-28(18)15-6-4-5-14(21)11-15)20(29)27-10-7-22-12-16(27)19-23-8-9-26(19)3/h4-6,8-9,11,13,16,22H,7,10,12H2,1-3H3. The molecule has 1 aliphatic heterocycles. The number of carbonyl (C=O) groups excluding carboxylic acids is 1. The maximum absolute atomic E-state index is 13.7. The summed E-state index contributed by atoms with van der Waals surface area (Å²) in [7, 11) is 1.91. The molecule has 1 unspecified atom stereocenters. The van der Waals surface area contributed by atoms with Crippen LogP contribution in [0.5, 0.6) is 0 Å². The Morgan fingerprint density at radius 1 is 1.34 bits per heavy atom. The summed E-state index contributed by atoms with van der Waals surface area (Å²) in [6.07, 6.45) is 3.58. The Hall–Kier alpha value is -3.07. The van der Waals surface area contributed by atoms with Crippen LogP contribution in [0.15, 0.2) is 36.7 Å². The van der Waals surface area contributed by atoms with Crippen molar-refractivity contribution in [3.05, 3.63) is 59.9 Å². The number of rotatable bonds is 4. The third-order valence-electron chi connectivity index (χ3n) is 5.05. The van der Waals surface area contributed by atoms with E-state index in [9.17, 15) is 9.18 Å². The molecule has 8 nitrogen and oxygen atoms in total. The van der Waals surface area contributed by atoms with Crippen molar-refractivity contribution in [1.29, 1.82) is 0 Å². The number of nitrogens with zero attached hydrogens (tertiary/aromatic N) is 6. The topological polar surface area (TPSA) is 80.9 Å². The van der Waals surface area contributed by atoms with Crippen LogP contribution in [0.2, 0.25) is 0 Å². The first-order chi connectivity index (χ1) is 14.0. The van der Waals surface area contributed by atoms with Crippen LogP contribution >= 0.6 is 0 Å². The van der Waals surface area contributed by atoms with Gasteiger partial charge in [-0.2, -0.15) is 0 Å². The van der Waals surface area contributed by atoms with Gasteiger partial charge in [-0.1, -0.05) is 19.9 Å². The van der Waals surface area contributed by atoms with Gasteiger partial charge in [-0.25, -0.2) is 19.0 Å². The van der Waals surface area contributed by atoms with E-state index in [1.165, 1.54) is 12.1 Å². The zero-order valence-corrected chi connectivity index (χ0v) is 16.7. The van der Waals surface area contributed by atoms with Crippen molar-refractivity contribution in [1.82, 2.24) is 34.5 Å². The summed E-state index contributed by atoms with van der Waals surface area (Å²) in [5, 5.41) is 7.77.